The summed E-state index contributed by atoms with van der Waals surface area (Å²) in [7, 11) is -5.65. The Bertz CT molecular complexity index is 2360. The predicted octanol–water partition coefficient (Wildman–Crippen LogP) is 21.2. The lowest BCUT2D eigenvalue weighted by atomic mass is 9.72. The summed E-state index contributed by atoms with van der Waals surface area (Å²) in [4.78, 5) is 39.4. The molecular weight excluding hydrogens is 1340 g/mol. The number of likely N-dealkylation sites (tertiary alicyclic amines) is 3. The van der Waals surface area contributed by atoms with E-state index in [1.807, 2.05) is 14.7 Å². The molecule has 8 aliphatic heterocycles. The summed E-state index contributed by atoms with van der Waals surface area (Å²) < 4.78 is 52.0. The fourth-order valence-corrected chi connectivity index (χ4v) is 19.9. The number of nitrogens with zero attached hydrogens (tertiary/aromatic N) is 4. The van der Waals surface area contributed by atoms with Crippen LogP contribution < -0.4 is 5.32 Å². The largest absolute Gasteiger partial charge is 0.381 e. The molecule has 8 fully saturated rings. The van der Waals surface area contributed by atoms with Crippen LogP contribution in [0.4, 0.5) is 0 Å². The van der Waals surface area contributed by atoms with Crippen molar-refractivity contribution in [3.8, 4) is 0 Å². The molecule has 8 saturated heterocycles. The number of nitrogens with one attached hydrogen (secondary N) is 1. The first-order valence-electron chi connectivity index (χ1n) is 42.3. The third-order valence-corrected chi connectivity index (χ3v) is 33.3. The maximum atomic E-state index is 11.3. The molecule has 103 heavy (non-hydrogen) atoms. The number of carbonyl (C=O) groups excluding carboxylic acids is 3. The summed E-state index contributed by atoms with van der Waals surface area (Å²) in [6, 6.07) is 0. The minimum Gasteiger partial charge on any atom is -0.381 e. The van der Waals surface area contributed by atoms with Crippen LogP contribution in [0.3, 0.4) is 0 Å². The summed E-state index contributed by atoms with van der Waals surface area (Å²) >= 11 is 2.13. The highest BCUT2D eigenvalue weighted by Gasteiger charge is 2.38. The third-order valence-electron chi connectivity index (χ3n) is 29.2. The van der Waals surface area contributed by atoms with E-state index in [9.17, 15) is 31.2 Å². The molecule has 8 aliphatic rings. The molecule has 0 unspecified atom stereocenters. The zero-order valence-electron chi connectivity index (χ0n) is 73.2. The lowest BCUT2D eigenvalue weighted by Gasteiger charge is -2.40. The molecule has 16 heteroatoms. The lowest BCUT2D eigenvalue weighted by Crippen LogP contribution is -2.41. The number of hydrogen-bond donors (Lipinski definition) is 1. The van der Waals surface area contributed by atoms with E-state index in [-0.39, 0.29) is 17.7 Å². The van der Waals surface area contributed by atoms with Crippen molar-refractivity contribution in [2.75, 3.05) is 108 Å². The number of hydrogen-bond acceptors (Lipinski definition) is 10. The topological polar surface area (TPSA) is 154 Å². The first kappa shape index (κ1) is 99.5. The van der Waals surface area contributed by atoms with Crippen LogP contribution in [0.25, 0.3) is 0 Å². The Kier molecular flexibility index (Phi) is 44.8. The SMILES string of the molecule is CCC(C)(C)C1CCN(C(C)=O)CC1.CCC(C)(C)C1CCN(C(C)=O)CC1.CCC(C)(C)C1CCN(C(C)=O)CC1.CCC(C)(C)C1CCN(S(C)(=O)=O)CC1.CCC(C)(C)C1CCNCC1.CCC(C)(C)C1CCOCC1.CCC(C)(C)C1CCS(=O)(=O)CC1.CCC(C)(C)C1CCSCC1. The Balaban J connectivity index is 0.000000590. The van der Waals surface area contributed by atoms with Crippen molar-refractivity contribution >= 4 is 49.3 Å². The second-order valence-corrected chi connectivity index (χ2v) is 43.7. The molecule has 0 aromatic carbocycles. The molecule has 8 heterocycles. The number of rotatable bonds is 17. The Labute approximate surface area is 645 Å². The van der Waals surface area contributed by atoms with Crippen molar-refractivity contribution in [1.29, 1.82) is 0 Å². The number of amides is 3. The molecule has 0 aromatic heterocycles. The summed E-state index contributed by atoms with van der Waals surface area (Å²) in [5.74, 6) is 10.8. The van der Waals surface area contributed by atoms with Gasteiger partial charge in [0.2, 0.25) is 27.7 Å². The first-order valence-corrected chi connectivity index (χ1v) is 47.2. The fraction of sp³-hybridized carbons (Fsp3) is 0.966. The van der Waals surface area contributed by atoms with Crippen molar-refractivity contribution in [2.45, 2.75) is 341 Å². The molecule has 3 amide bonds. The Morgan fingerprint density at radius 2 is 0.573 bits per heavy atom. The molecule has 0 atom stereocenters. The normalized spacial score (nSPS) is 21.5. The van der Waals surface area contributed by atoms with Crippen molar-refractivity contribution in [1.82, 2.24) is 24.3 Å². The molecule has 8 rings (SSSR count). The summed E-state index contributed by atoms with van der Waals surface area (Å²) in [5, 5.41) is 3.41. The summed E-state index contributed by atoms with van der Waals surface area (Å²) in [6.07, 6.45) is 30.3. The van der Waals surface area contributed by atoms with Gasteiger partial charge in [-0.1, -0.05) is 218 Å². The number of piperidine rings is 5. The molecule has 1 N–H and O–H groups in total. The van der Waals surface area contributed by atoms with Crippen LogP contribution in [0.1, 0.15) is 341 Å². The quantitative estimate of drug-likeness (QED) is 0.149. The fourth-order valence-electron chi connectivity index (χ4n) is 16.4. The van der Waals surface area contributed by atoms with E-state index in [1.54, 1.807) is 25.1 Å². The lowest BCUT2D eigenvalue weighted by molar-refractivity contribution is -0.131. The van der Waals surface area contributed by atoms with Gasteiger partial charge in [-0.25, -0.2) is 21.1 Å². The molecule has 13 nitrogen and oxygen atoms in total. The number of sulfone groups is 1. The number of sulfonamides is 1. The Hall–Kier alpha value is -1.46. The van der Waals surface area contributed by atoms with Gasteiger partial charge in [0.1, 0.15) is 9.84 Å². The molecule has 0 spiro atoms. The van der Waals surface area contributed by atoms with E-state index in [0.717, 1.165) is 127 Å². The van der Waals surface area contributed by atoms with Gasteiger partial charge in [0.15, 0.2) is 0 Å². The number of thioether (sulfide) groups is 1. The van der Waals surface area contributed by atoms with Gasteiger partial charge in [0, 0.05) is 86.3 Å². The van der Waals surface area contributed by atoms with Gasteiger partial charge in [-0.15, -0.1) is 0 Å². The zero-order chi connectivity index (χ0) is 79.1. The van der Waals surface area contributed by atoms with Crippen LogP contribution >= 0.6 is 11.8 Å². The third kappa shape index (κ3) is 36.1. The van der Waals surface area contributed by atoms with Crippen LogP contribution in [0.15, 0.2) is 0 Å². The van der Waals surface area contributed by atoms with Gasteiger partial charge >= 0.3 is 0 Å². The van der Waals surface area contributed by atoms with Gasteiger partial charge in [-0.3, -0.25) is 14.4 Å². The number of carbonyl (C=O) groups is 3. The van der Waals surface area contributed by atoms with Crippen LogP contribution in [0.2, 0.25) is 0 Å². The maximum absolute atomic E-state index is 11.3. The summed E-state index contributed by atoms with van der Waals surface area (Å²) in [6.45, 7) is 72.3. The minimum atomic E-state index is -2.97. The Morgan fingerprint density at radius 3 is 0.806 bits per heavy atom. The van der Waals surface area contributed by atoms with Crippen LogP contribution in [0, 0.1) is 90.7 Å². The second-order valence-electron chi connectivity index (χ2n) is 38.2. The van der Waals surface area contributed by atoms with Gasteiger partial charge in [0.25, 0.3) is 0 Å². The van der Waals surface area contributed by atoms with Crippen molar-refractivity contribution in [3.05, 3.63) is 0 Å². The molecular formula is C87H173N5O8S3. The van der Waals surface area contributed by atoms with E-state index in [1.165, 1.54) is 146 Å². The van der Waals surface area contributed by atoms with Crippen LogP contribution in [-0.4, -0.2) is 161 Å². The first-order chi connectivity index (χ1) is 47.6. The molecule has 0 aromatic rings. The zero-order valence-corrected chi connectivity index (χ0v) is 75.6. The molecule has 612 valence electrons. The smallest absolute Gasteiger partial charge is 0.219 e. The minimum absolute atomic E-state index is 0.234. The highest BCUT2D eigenvalue weighted by Crippen LogP contribution is 2.44. The van der Waals surface area contributed by atoms with Crippen molar-refractivity contribution in [2.24, 2.45) is 90.7 Å². The maximum Gasteiger partial charge on any atom is 0.219 e. The standard InChI is InChI=1S/3C12H23NO.C11H23NO2S.C10H21N.C10H20O2S.C10H20O.C10H20S/c3*1-5-12(3,4)11-6-8-13(9-7-11)10(2)14;1-5-11(2,3)10-6-8-12(9-7-10)15(4,13)14;1-4-10(2,3)9-5-7-11-8-6-9;1-4-10(2,3)9-5-7-13(11,12)8-6-9;2*1-4-10(2,3)9-5-7-11-8-6-9/h3*11H,5-9H2,1-4H3;10H,5-9H2,1-4H3;9,11H,4-8H2,1-3H3;9H,4-8H2,1-3H3;2*9H,4-8H2,1-3H3. The monoisotopic (exact) mass is 1510 g/mol. The van der Waals surface area contributed by atoms with E-state index < -0.39 is 19.9 Å². The van der Waals surface area contributed by atoms with Gasteiger partial charge in [-0.05, 0) is 218 Å². The summed E-state index contributed by atoms with van der Waals surface area (Å²) in [5.41, 5.74) is 3.71. The second kappa shape index (κ2) is 46.4. The van der Waals surface area contributed by atoms with Crippen molar-refractivity contribution in [3.63, 3.8) is 0 Å². The van der Waals surface area contributed by atoms with E-state index in [4.69, 9.17) is 4.74 Å². The average Bonchev–Trinajstić information content (AvgIpc) is 0.863. The Morgan fingerprint density at radius 1 is 0.359 bits per heavy atom. The van der Waals surface area contributed by atoms with Crippen LogP contribution in [-0.2, 0) is 39.0 Å². The average molecular weight is 1510 g/mol. The molecule has 0 saturated carbocycles. The van der Waals surface area contributed by atoms with Crippen LogP contribution in [0.5, 0.6) is 0 Å². The number of ether oxygens (including phenoxy) is 1. The van der Waals surface area contributed by atoms with Gasteiger partial charge in [-0.2, -0.15) is 11.8 Å². The molecule has 0 radical (unpaired) electrons. The highest BCUT2D eigenvalue weighted by atomic mass is 32.2. The predicted molar refractivity (Wildman–Crippen MR) is 447 cm³/mol. The molecule has 0 bridgehead atoms. The highest BCUT2D eigenvalue weighted by molar-refractivity contribution is 7.99. The van der Waals surface area contributed by atoms with Crippen molar-refractivity contribution < 1.29 is 36.0 Å². The molecule has 0 aliphatic carbocycles. The van der Waals surface area contributed by atoms with Gasteiger partial charge < -0.3 is 24.8 Å². The van der Waals surface area contributed by atoms with E-state index >= 15 is 0 Å². The van der Waals surface area contributed by atoms with E-state index in [0.29, 0.717) is 79.8 Å². The van der Waals surface area contributed by atoms with Gasteiger partial charge in [0.05, 0.1) is 17.8 Å². The van der Waals surface area contributed by atoms with E-state index in [2.05, 4.69) is 183 Å².